The van der Waals surface area contributed by atoms with Crippen LogP contribution in [0, 0.1) is 0 Å². The Morgan fingerprint density at radius 1 is 1.38 bits per heavy atom. The largest absolute Gasteiger partial charge is 0.492 e. The first-order valence-corrected chi connectivity index (χ1v) is 5.92. The van der Waals surface area contributed by atoms with Gasteiger partial charge in [0.15, 0.2) is 0 Å². The zero-order valence-corrected chi connectivity index (χ0v) is 10.6. The lowest BCUT2D eigenvalue weighted by Gasteiger charge is -2.16. The lowest BCUT2D eigenvalue weighted by Crippen LogP contribution is -2.21. The summed E-state index contributed by atoms with van der Waals surface area (Å²) < 4.78 is 5.52. The van der Waals surface area contributed by atoms with Crippen LogP contribution in [0.15, 0.2) is 12.1 Å². The van der Waals surface area contributed by atoms with Crippen molar-refractivity contribution in [2.24, 2.45) is 11.5 Å². The number of halogens is 1. The van der Waals surface area contributed by atoms with Gasteiger partial charge >= 0.3 is 0 Å². The molecule has 0 aromatic heterocycles. The van der Waals surface area contributed by atoms with Crippen molar-refractivity contribution in [3.8, 4) is 5.75 Å². The van der Waals surface area contributed by atoms with E-state index in [9.17, 15) is 0 Å². The molecular formula is C12H19ClN2O. The van der Waals surface area contributed by atoms with Gasteiger partial charge in [0.2, 0.25) is 0 Å². The van der Waals surface area contributed by atoms with Crippen molar-refractivity contribution in [1.82, 2.24) is 0 Å². The van der Waals surface area contributed by atoms with E-state index in [-0.39, 0.29) is 6.04 Å². The van der Waals surface area contributed by atoms with Crippen molar-refractivity contribution in [2.75, 3.05) is 13.2 Å². The molecule has 90 valence electrons. The van der Waals surface area contributed by atoms with Crippen molar-refractivity contribution in [3.63, 3.8) is 0 Å². The van der Waals surface area contributed by atoms with Crippen molar-refractivity contribution in [1.29, 1.82) is 0 Å². The molecule has 1 aromatic rings. The molecule has 0 spiro atoms. The predicted octanol–water partition coefficient (Wildman–Crippen LogP) is 2.26. The second kappa shape index (κ2) is 6.09. The van der Waals surface area contributed by atoms with Gasteiger partial charge in [-0.2, -0.15) is 0 Å². The van der Waals surface area contributed by atoms with Gasteiger partial charge in [0.05, 0.1) is 11.6 Å². The smallest absolute Gasteiger partial charge is 0.141 e. The standard InChI is InChI=1S/C12H19ClN2O/c1-3-8-5-9(11(15)7-14)6-10(13)12(8)16-4-2/h5-6,11H,3-4,7,14-15H2,1-2H3. The van der Waals surface area contributed by atoms with Gasteiger partial charge in [0.1, 0.15) is 5.75 Å². The first kappa shape index (κ1) is 13.3. The van der Waals surface area contributed by atoms with Gasteiger partial charge in [-0.15, -0.1) is 0 Å². The van der Waals surface area contributed by atoms with Gasteiger partial charge in [-0.05, 0) is 30.5 Å². The summed E-state index contributed by atoms with van der Waals surface area (Å²) >= 11 is 6.17. The molecule has 4 heteroatoms. The molecule has 0 amide bonds. The van der Waals surface area contributed by atoms with Gasteiger partial charge < -0.3 is 16.2 Å². The molecule has 16 heavy (non-hydrogen) atoms. The Labute approximate surface area is 102 Å². The number of rotatable bonds is 5. The lowest BCUT2D eigenvalue weighted by molar-refractivity contribution is 0.337. The Hall–Kier alpha value is -0.770. The average Bonchev–Trinajstić information content (AvgIpc) is 2.30. The molecule has 4 N–H and O–H groups in total. The molecule has 0 bridgehead atoms. The summed E-state index contributed by atoms with van der Waals surface area (Å²) in [6.07, 6.45) is 0.861. The fourth-order valence-corrected chi connectivity index (χ4v) is 1.89. The third-order valence-corrected chi connectivity index (χ3v) is 2.78. The van der Waals surface area contributed by atoms with Crippen LogP contribution in [0.5, 0.6) is 5.75 Å². The number of hydrogen-bond acceptors (Lipinski definition) is 3. The highest BCUT2D eigenvalue weighted by Crippen LogP contribution is 2.32. The molecule has 0 aliphatic heterocycles. The predicted molar refractivity (Wildman–Crippen MR) is 68.0 cm³/mol. The minimum absolute atomic E-state index is 0.168. The lowest BCUT2D eigenvalue weighted by atomic mass is 10.0. The van der Waals surface area contributed by atoms with E-state index < -0.39 is 0 Å². The van der Waals surface area contributed by atoms with Crippen LogP contribution in [0.4, 0.5) is 0 Å². The van der Waals surface area contributed by atoms with Crippen LogP contribution in [-0.4, -0.2) is 13.2 Å². The number of nitrogens with two attached hydrogens (primary N) is 2. The maximum Gasteiger partial charge on any atom is 0.141 e. The van der Waals surface area contributed by atoms with E-state index in [1.807, 2.05) is 19.1 Å². The minimum Gasteiger partial charge on any atom is -0.492 e. The van der Waals surface area contributed by atoms with Crippen LogP contribution >= 0.6 is 11.6 Å². The number of ether oxygens (including phenoxy) is 1. The summed E-state index contributed by atoms with van der Waals surface area (Å²) in [5.74, 6) is 0.764. The second-order valence-electron chi connectivity index (χ2n) is 3.62. The van der Waals surface area contributed by atoms with E-state index in [1.165, 1.54) is 0 Å². The van der Waals surface area contributed by atoms with E-state index in [0.29, 0.717) is 18.2 Å². The SMILES string of the molecule is CCOc1c(Cl)cc(C(N)CN)cc1CC. The summed E-state index contributed by atoms with van der Waals surface area (Å²) in [5.41, 5.74) is 13.5. The topological polar surface area (TPSA) is 61.3 Å². The Kier molecular flexibility index (Phi) is 5.06. The first-order valence-electron chi connectivity index (χ1n) is 5.54. The fraction of sp³-hybridized carbons (Fsp3) is 0.500. The first-order chi connectivity index (χ1) is 7.63. The van der Waals surface area contributed by atoms with Crippen molar-refractivity contribution in [3.05, 3.63) is 28.3 Å². The van der Waals surface area contributed by atoms with Crippen LogP contribution in [-0.2, 0) is 6.42 Å². The summed E-state index contributed by atoms with van der Waals surface area (Å²) in [6.45, 7) is 5.02. The molecule has 0 aliphatic carbocycles. The molecule has 0 aliphatic rings. The van der Waals surface area contributed by atoms with Crippen molar-refractivity contribution < 1.29 is 4.74 Å². The number of benzene rings is 1. The number of hydrogen-bond donors (Lipinski definition) is 2. The maximum atomic E-state index is 6.17. The quantitative estimate of drug-likeness (QED) is 0.833. The van der Waals surface area contributed by atoms with Crippen LogP contribution in [0.3, 0.4) is 0 Å². The van der Waals surface area contributed by atoms with Crippen molar-refractivity contribution in [2.45, 2.75) is 26.3 Å². The third-order valence-electron chi connectivity index (χ3n) is 2.49. The summed E-state index contributed by atoms with van der Waals surface area (Å²) in [4.78, 5) is 0. The molecule has 0 fully saturated rings. The summed E-state index contributed by atoms with van der Waals surface area (Å²) in [5, 5.41) is 0.611. The molecule has 0 heterocycles. The van der Waals surface area contributed by atoms with Gasteiger partial charge in [-0.3, -0.25) is 0 Å². The normalized spacial score (nSPS) is 12.6. The second-order valence-corrected chi connectivity index (χ2v) is 4.03. The molecule has 1 rings (SSSR count). The van der Waals surface area contributed by atoms with Gasteiger partial charge in [-0.1, -0.05) is 24.6 Å². The summed E-state index contributed by atoms with van der Waals surface area (Å²) in [6, 6.07) is 3.69. The number of aryl methyl sites for hydroxylation is 1. The van der Waals surface area contributed by atoms with Gasteiger partial charge in [-0.25, -0.2) is 0 Å². The molecule has 0 saturated heterocycles. The highest BCUT2D eigenvalue weighted by atomic mass is 35.5. The fourth-order valence-electron chi connectivity index (χ4n) is 1.59. The van der Waals surface area contributed by atoms with Crippen LogP contribution in [0.1, 0.15) is 31.0 Å². The molecule has 1 unspecified atom stereocenters. The Morgan fingerprint density at radius 3 is 2.56 bits per heavy atom. The minimum atomic E-state index is -0.168. The zero-order valence-electron chi connectivity index (χ0n) is 9.79. The monoisotopic (exact) mass is 242 g/mol. The van der Waals surface area contributed by atoms with E-state index in [2.05, 4.69) is 6.92 Å². The Morgan fingerprint density at radius 2 is 2.06 bits per heavy atom. The summed E-state index contributed by atoms with van der Waals surface area (Å²) in [7, 11) is 0. The van der Waals surface area contributed by atoms with Crippen LogP contribution < -0.4 is 16.2 Å². The Bertz CT molecular complexity index is 355. The van der Waals surface area contributed by atoms with Crippen LogP contribution in [0.25, 0.3) is 0 Å². The molecule has 3 nitrogen and oxygen atoms in total. The Balaban J connectivity index is 3.15. The van der Waals surface area contributed by atoms with E-state index in [4.69, 9.17) is 27.8 Å². The molecular weight excluding hydrogens is 224 g/mol. The van der Waals surface area contributed by atoms with Gasteiger partial charge in [0, 0.05) is 12.6 Å². The molecule has 0 radical (unpaired) electrons. The average molecular weight is 243 g/mol. The zero-order chi connectivity index (χ0) is 12.1. The highest BCUT2D eigenvalue weighted by molar-refractivity contribution is 6.32. The van der Waals surface area contributed by atoms with Gasteiger partial charge in [0.25, 0.3) is 0 Å². The van der Waals surface area contributed by atoms with E-state index in [1.54, 1.807) is 0 Å². The molecule has 0 saturated carbocycles. The maximum absolute atomic E-state index is 6.17. The third kappa shape index (κ3) is 2.88. The highest BCUT2D eigenvalue weighted by Gasteiger charge is 2.12. The molecule has 1 atom stereocenters. The molecule has 1 aromatic carbocycles. The van der Waals surface area contributed by atoms with Crippen LogP contribution in [0.2, 0.25) is 5.02 Å². The van der Waals surface area contributed by atoms with Crippen molar-refractivity contribution >= 4 is 11.6 Å². The van der Waals surface area contributed by atoms with E-state index >= 15 is 0 Å². The van der Waals surface area contributed by atoms with E-state index in [0.717, 1.165) is 23.3 Å².